The van der Waals surface area contributed by atoms with Crippen molar-refractivity contribution in [2.45, 2.75) is 97.5 Å². The molecule has 1 aliphatic heterocycles. The van der Waals surface area contributed by atoms with Crippen molar-refractivity contribution in [2.24, 2.45) is 11.8 Å². The molecule has 0 spiro atoms. The summed E-state index contributed by atoms with van der Waals surface area (Å²) >= 11 is 0. The van der Waals surface area contributed by atoms with Gasteiger partial charge in [0.2, 0.25) is 0 Å². The smallest absolute Gasteiger partial charge is 0.325 e. The first-order valence-electron chi connectivity index (χ1n) is 12.1. The van der Waals surface area contributed by atoms with Crippen molar-refractivity contribution in [3.8, 4) is 11.5 Å². The number of aryl methyl sites for hydroxylation is 1. The fourth-order valence-corrected chi connectivity index (χ4v) is 4.92. The summed E-state index contributed by atoms with van der Waals surface area (Å²) in [5.74, 6) is 3.37. The standard InChI is InChI=1S/C25H43O5P/c1-20(2)9-7-10-21(3)11-8-15-25(4)16-14-22-19-23(12-13-24(22)30-25)29-17-5-6-18-31(26,27)28/h12-13,19-21H,5-11,14-18H2,1-4H3,(H2,26,27,28). The Morgan fingerprint density at radius 3 is 2.55 bits per heavy atom. The summed E-state index contributed by atoms with van der Waals surface area (Å²) in [5, 5.41) is 0. The Hall–Kier alpha value is -1.03. The van der Waals surface area contributed by atoms with Gasteiger partial charge in [-0.25, -0.2) is 0 Å². The average Bonchev–Trinajstić information content (AvgIpc) is 2.66. The van der Waals surface area contributed by atoms with E-state index in [1.54, 1.807) is 0 Å². The van der Waals surface area contributed by atoms with E-state index in [0.29, 0.717) is 19.4 Å². The summed E-state index contributed by atoms with van der Waals surface area (Å²) in [6.07, 6.45) is 10.6. The van der Waals surface area contributed by atoms with Crippen molar-refractivity contribution in [3.63, 3.8) is 0 Å². The molecule has 0 aliphatic carbocycles. The zero-order valence-electron chi connectivity index (χ0n) is 19.9. The molecule has 1 aromatic carbocycles. The summed E-state index contributed by atoms with van der Waals surface area (Å²) in [6, 6.07) is 5.99. The Kier molecular flexibility index (Phi) is 10.4. The van der Waals surface area contributed by atoms with Crippen LogP contribution in [0.3, 0.4) is 0 Å². The number of ether oxygens (including phenoxy) is 2. The van der Waals surface area contributed by atoms with Crippen LogP contribution in [0, 0.1) is 11.8 Å². The Morgan fingerprint density at radius 1 is 1.10 bits per heavy atom. The van der Waals surface area contributed by atoms with Crippen molar-refractivity contribution in [3.05, 3.63) is 23.8 Å². The maximum absolute atomic E-state index is 10.9. The van der Waals surface area contributed by atoms with Crippen molar-refractivity contribution in [1.29, 1.82) is 0 Å². The van der Waals surface area contributed by atoms with Crippen LogP contribution in [-0.2, 0) is 11.0 Å². The minimum atomic E-state index is -3.90. The predicted octanol–water partition coefficient (Wildman–Crippen LogP) is 6.74. The molecule has 5 nitrogen and oxygen atoms in total. The lowest BCUT2D eigenvalue weighted by Gasteiger charge is -2.36. The van der Waals surface area contributed by atoms with E-state index in [2.05, 4.69) is 33.8 Å². The third-order valence-corrected chi connectivity index (χ3v) is 7.20. The van der Waals surface area contributed by atoms with E-state index in [4.69, 9.17) is 19.3 Å². The molecule has 1 aromatic rings. The van der Waals surface area contributed by atoms with Crippen molar-refractivity contribution >= 4 is 7.60 Å². The Labute approximate surface area is 189 Å². The van der Waals surface area contributed by atoms with Crippen molar-refractivity contribution in [2.75, 3.05) is 12.8 Å². The largest absolute Gasteiger partial charge is 0.494 e. The minimum Gasteiger partial charge on any atom is -0.494 e. The van der Waals surface area contributed by atoms with Gasteiger partial charge < -0.3 is 19.3 Å². The Balaban J connectivity index is 1.73. The predicted molar refractivity (Wildman–Crippen MR) is 127 cm³/mol. The van der Waals surface area contributed by atoms with Crippen LogP contribution in [0.2, 0.25) is 0 Å². The molecule has 31 heavy (non-hydrogen) atoms. The summed E-state index contributed by atoms with van der Waals surface area (Å²) < 4.78 is 23.1. The number of benzene rings is 1. The fraction of sp³-hybridized carbons (Fsp3) is 0.760. The van der Waals surface area contributed by atoms with E-state index >= 15 is 0 Å². The molecule has 0 saturated carbocycles. The number of fused-ring (bicyclic) bond motifs is 1. The van der Waals surface area contributed by atoms with Gasteiger partial charge in [0.1, 0.15) is 17.1 Å². The van der Waals surface area contributed by atoms with Gasteiger partial charge in [0.05, 0.1) is 6.61 Å². The van der Waals surface area contributed by atoms with E-state index in [-0.39, 0.29) is 11.8 Å². The van der Waals surface area contributed by atoms with Gasteiger partial charge >= 0.3 is 7.60 Å². The van der Waals surface area contributed by atoms with E-state index in [9.17, 15) is 4.57 Å². The van der Waals surface area contributed by atoms with Crippen molar-refractivity contribution in [1.82, 2.24) is 0 Å². The van der Waals surface area contributed by atoms with Crippen molar-refractivity contribution < 1.29 is 23.8 Å². The van der Waals surface area contributed by atoms with E-state index in [1.165, 1.54) is 37.7 Å². The van der Waals surface area contributed by atoms with E-state index < -0.39 is 7.60 Å². The molecule has 0 radical (unpaired) electrons. The second-order valence-electron chi connectivity index (χ2n) is 10.1. The molecule has 1 heterocycles. The highest BCUT2D eigenvalue weighted by molar-refractivity contribution is 7.51. The molecule has 0 amide bonds. The van der Waals surface area contributed by atoms with Crippen LogP contribution < -0.4 is 9.47 Å². The van der Waals surface area contributed by atoms with Gasteiger partial charge in [-0.1, -0.05) is 46.5 Å². The summed E-state index contributed by atoms with van der Waals surface area (Å²) in [7, 11) is -3.90. The van der Waals surface area contributed by atoms with Gasteiger partial charge in [0.25, 0.3) is 0 Å². The molecule has 0 bridgehead atoms. The van der Waals surface area contributed by atoms with Gasteiger partial charge in [-0.3, -0.25) is 4.57 Å². The molecule has 2 atom stereocenters. The normalized spacial score (nSPS) is 19.7. The zero-order valence-corrected chi connectivity index (χ0v) is 20.8. The van der Waals surface area contributed by atoms with Crippen LogP contribution in [-0.4, -0.2) is 28.2 Å². The molecule has 2 unspecified atom stereocenters. The highest BCUT2D eigenvalue weighted by atomic mass is 31.2. The molecule has 1 aliphatic rings. The number of unbranched alkanes of at least 4 members (excludes halogenated alkanes) is 1. The van der Waals surface area contributed by atoms with Gasteiger partial charge in [0, 0.05) is 6.16 Å². The fourth-order valence-electron chi connectivity index (χ4n) is 4.29. The third-order valence-electron chi connectivity index (χ3n) is 6.30. The second kappa shape index (κ2) is 12.3. The lowest BCUT2D eigenvalue weighted by Crippen LogP contribution is -2.36. The molecule has 2 N–H and O–H groups in total. The number of rotatable bonds is 14. The monoisotopic (exact) mass is 454 g/mol. The molecular formula is C25H43O5P. The summed E-state index contributed by atoms with van der Waals surface area (Å²) in [4.78, 5) is 17.8. The van der Waals surface area contributed by atoms with Crippen LogP contribution in [0.15, 0.2) is 18.2 Å². The first-order valence-corrected chi connectivity index (χ1v) is 13.9. The van der Waals surface area contributed by atoms with Crippen LogP contribution in [0.4, 0.5) is 0 Å². The van der Waals surface area contributed by atoms with Gasteiger partial charge in [-0.2, -0.15) is 0 Å². The SMILES string of the molecule is CC(C)CCCC(C)CCCC1(C)CCc2cc(OCCCCP(=O)(O)O)ccc2O1. The average molecular weight is 455 g/mol. The molecule has 0 saturated heterocycles. The molecule has 0 fully saturated rings. The zero-order chi connectivity index (χ0) is 22.9. The lowest BCUT2D eigenvalue weighted by molar-refractivity contribution is 0.0523. The maximum Gasteiger partial charge on any atom is 0.325 e. The minimum absolute atomic E-state index is 0.0797. The second-order valence-corrected chi connectivity index (χ2v) is 11.9. The first kappa shape index (κ1) is 26.2. The van der Waals surface area contributed by atoms with Gasteiger partial charge in [0.15, 0.2) is 0 Å². The molecule has 6 heteroatoms. The molecule has 2 rings (SSSR count). The van der Waals surface area contributed by atoms with Crippen LogP contribution in [0.5, 0.6) is 11.5 Å². The highest BCUT2D eigenvalue weighted by Gasteiger charge is 2.31. The first-order chi connectivity index (χ1) is 14.6. The van der Waals surface area contributed by atoms with Gasteiger partial charge in [-0.15, -0.1) is 0 Å². The Morgan fingerprint density at radius 2 is 1.84 bits per heavy atom. The highest BCUT2D eigenvalue weighted by Crippen LogP contribution is 2.38. The van der Waals surface area contributed by atoms with Crippen LogP contribution in [0.25, 0.3) is 0 Å². The Bertz CT molecular complexity index is 714. The van der Waals surface area contributed by atoms with Crippen LogP contribution >= 0.6 is 7.60 Å². The lowest BCUT2D eigenvalue weighted by atomic mass is 9.86. The number of hydrogen-bond donors (Lipinski definition) is 2. The summed E-state index contributed by atoms with van der Waals surface area (Å²) in [5.41, 5.74) is 1.10. The van der Waals surface area contributed by atoms with E-state index in [0.717, 1.165) is 42.6 Å². The quantitative estimate of drug-likeness (QED) is 0.240. The third kappa shape index (κ3) is 10.4. The molecule has 0 aromatic heterocycles. The number of hydrogen-bond acceptors (Lipinski definition) is 3. The van der Waals surface area contributed by atoms with E-state index in [1.807, 2.05) is 12.1 Å². The maximum atomic E-state index is 10.9. The molecule has 178 valence electrons. The topological polar surface area (TPSA) is 76.0 Å². The summed E-state index contributed by atoms with van der Waals surface area (Å²) in [6.45, 7) is 9.69. The van der Waals surface area contributed by atoms with Crippen LogP contribution in [0.1, 0.15) is 91.0 Å². The molecular weight excluding hydrogens is 411 g/mol. The van der Waals surface area contributed by atoms with Gasteiger partial charge in [-0.05, 0) is 81.0 Å².